The molecule has 3 aromatic heterocycles. The number of carbonyl (C=O) groups is 2. The maximum atomic E-state index is 13.2. The van der Waals surface area contributed by atoms with Crippen molar-refractivity contribution in [3.05, 3.63) is 48.5 Å². The van der Waals surface area contributed by atoms with Crippen molar-refractivity contribution < 1.29 is 14.3 Å². The van der Waals surface area contributed by atoms with Gasteiger partial charge in [0.2, 0.25) is 0 Å². The van der Waals surface area contributed by atoms with Gasteiger partial charge in [-0.25, -0.2) is 14.8 Å². The number of hydrogen-bond donors (Lipinski definition) is 1. The van der Waals surface area contributed by atoms with Gasteiger partial charge in [-0.3, -0.25) is 14.6 Å². The minimum Gasteiger partial charge on any atom is -0.385 e. The van der Waals surface area contributed by atoms with Crippen LogP contribution in [0.2, 0.25) is 0 Å². The zero-order valence-electron chi connectivity index (χ0n) is 19.5. The molecule has 0 aromatic carbocycles. The highest BCUT2D eigenvalue weighted by Gasteiger charge is 2.32. The molecule has 11 nitrogen and oxygen atoms in total. The summed E-state index contributed by atoms with van der Waals surface area (Å²) in [5.41, 5.74) is 1.57. The van der Waals surface area contributed by atoms with Gasteiger partial charge in [0.05, 0.1) is 11.9 Å². The fourth-order valence-corrected chi connectivity index (χ4v) is 3.68. The van der Waals surface area contributed by atoms with E-state index < -0.39 is 0 Å². The Balaban J connectivity index is 1.45. The fraction of sp³-hybridized carbons (Fsp3) is 0.391. The van der Waals surface area contributed by atoms with E-state index in [1.165, 1.54) is 0 Å². The number of ether oxygens (including phenoxy) is 1. The molecule has 0 bridgehead atoms. The number of urea groups is 1. The van der Waals surface area contributed by atoms with Crippen LogP contribution in [0.5, 0.6) is 0 Å². The van der Waals surface area contributed by atoms with Crippen molar-refractivity contribution in [2.45, 2.75) is 26.3 Å². The van der Waals surface area contributed by atoms with Crippen molar-refractivity contribution in [3.63, 3.8) is 0 Å². The minimum absolute atomic E-state index is 0.183. The third-order valence-corrected chi connectivity index (χ3v) is 5.48. The molecule has 0 radical (unpaired) electrons. The molecule has 4 rings (SSSR count). The Morgan fingerprint density at radius 1 is 1.18 bits per heavy atom. The molecule has 1 saturated heterocycles. The second-order valence-corrected chi connectivity index (χ2v) is 8.13. The van der Waals surface area contributed by atoms with Gasteiger partial charge in [0, 0.05) is 39.4 Å². The standard InChI is InChI=1S/C23H28N8O3/c1-16(2)31-15-26-28-21(31)18-6-4-7-20(27-18)30-12-11-29(23(30)33)17-8-9-19(25-14-17)22(32)24-10-5-13-34-3/h4,6-9,14-16H,5,10-13H2,1-3H3,(H,24,32). The number of nitrogens with zero attached hydrogens (tertiary/aromatic N) is 7. The number of anilines is 2. The van der Waals surface area contributed by atoms with Crippen LogP contribution in [0.15, 0.2) is 42.9 Å². The van der Waals surface area contributed by atoms with Crippen LogP contribution in [0.4, 0.5) is 16.3 Å². The third-order valence-electron chi connectivity index (χ3n) is 5.48. The average molecular weight is 465 g/mol. The topological polar surface area (TPSA) is 118 Å². The Kier molecular flexibility index (Phi) is 7.12. The van der Waals surface area contributed by atoms with Gasteiger partial charge in [0.1, 0.15) is 23.5 Å². The number of pyridine rings is 2. The van der Waals surface area contributed by atoms with Crippen LogP contribution in [0, 0.1) is 0 Å². The minimum atomic E-state index is -0.257. The van der Waals surface area contributed by atoms with Crippen LogP contribution in [-0.2, 0) is 4.74 Å². The van der Waals surface area contributed by atoms with E-state index in [2.05, 4.69) is 25.5 Å². The van der Waals surface area contributed by atoms with Crippen molar-refractivity contribution in [2.75, 3.05) is 43.2 Å². The number of nitrogens with one attached hydrogen (secondary N) is 1. The molecule has 34 heavy (non-hydrogen) atoms. The molecular formula is C23H28N8O3. The van der Waals surface area contributed by atoms with Crippen LogP contribution in [-0.4, -0.2) is 70.0 Å². The first-order valence-electron chi connectivity index (χ1n) is 11.2. The summed E-state index contributed by atoms with van der Waals surface area (Å²) in [7, 11) is 1.62. The predicted molar refractivity (Wildman–Crippen MR) is 127 cm³/mol. The van der Waals surface area contributed by atoms with Crippen LogP contribution < -0.4 is 15.1 Å². The van der Waals surface area contributed by atoms with Gasteiger partial charge in [-0.2, -0.15) is 0 Å². The van der Waals surface area contributed by atoms with Crippen molar-refractivity contribution in [1.82, 2.24) is 30.0 Å². The number of aromatic nitrogens is 5. The second-order valence-electron chi connectivity index (χ2n) is 8.13. The van der Waals surface area contributed by atoms with Crippen molar-refractivity contribution in [2.24, 2.45) is 0 Å². The van der Waals surface area contributed by atoms with E-state index >= 15 is 0 Å². The summed E-state index contributed by atoms with van der Waals surface area (Å²) in [6.45, 7) is 6.14. The number of rotatable bonds is 9. The van der Waals surface area contributed by atoms with Crippen LogP contribution in [0.1, 0.15) is 36.8 Å². The lowest BCUT2D eigenvalue weighted by Crippen LogP contribution is -2.32. The molecular weight excluding hydrogens is 436 g/mol. The lowest BCUT2D eigenvalue weighted by atomic mass is 10.3. The summed E-state index contributed by atoms with van der Waals surface area (Å²) in [6, 6.07) is 8.84. The average Bonchev–Trinajstić information content (AvgIpc) is 3.49. The van der Waals surface area contributed by atoms with E-state index in [0.29, 0.717) is 55.0 Å². The molecule has 3 aromatic rings. The molecule has 178 valence electrons. The molecule has 0 atom stereocenters. The van der Waals surface area contributed by atoms with E-state index in [1.54, 1.807) is 47.6 Å². The normalized spacial score (nSPS) is 13.7. The van der Waals surface area contributed by atoms with Gasteiger partial charge in [-0.05, 0) is 44.5 Å². The molecule has 0 unspecified atom stereocenters. The molecule has 0 saturated carbocycles. The summed E-state index contributed by atoms with van der Waals surface area (Å²) < 4.78 is 6.91. The molecule has 0 aliphatic carbocycles. The van der Waals surface area contributed by atoms with E-state index in [-0.39, 0.29) is 18.0 Å². The summed E-state index contributed by atoms with van der Waals surface area (Å²) in [5, 5.41) is 11.0. The van der Waals surface area contributed by atoms with Crippen molar-refractivity contribution in [3.8, 4) is 11.5 Å². The van der Waals surface area contributed by atoms with Gasteiger partial charge >= 0.3 is 6.03 Å². The molecule has 1 N–H and O–H groups in total. The molecule has 1 aliphatic rings. The smallest absolute Gasteiger partial charge is 0.330 e. The SMILES string of the molecule is COCCCNC(=O)c1ccc(N2CCN(c3cccc(-c4nncn4C(C)C)n3)C2=O)cn1. The Morgan fingerprint density at radius 3 is 2.74 bits per heavy atom. The monoisotopic (exact) mass is 464 g/mol. The maximum Gasteiger partial charge on any atom is 0.330 e. The second kappa shape index (κ2) is 10.4. The van der Waals surface area contributed by atoms with Crippen LogP contribution >= 0.6 is 0 Å². The first-order chi connectivity index (χ1) is 16.5. The lowest BCUT2D eigenvalue weighted by Gasteiger charge is -2.18. The van der Waals surface area contributed by atoms with Gasteiger partial charge in [-0.1, -0.05) is 6.07 Å². The van der Waals surface area contributed by atoms with Crippen LogP contribution in [0.25, 0.3) is 11.5 Å². The first-order valence-corrected chi connectivity index (χ1v) is 11.2. The Labute approximate surface area is 197 Å². The number of hydrogen-bond acceptors (Lipinski definition) is 7. The summed E-state index contributed by atoms with van der Waals surface area (Å²) in [5.74, 6) is 0.941. The number of carbonyl (C=O) groups excluding carboxylic acids is 2. The third kappa shape index (κ3) is 4.88. The van der Waals surface area contributed by atoms with E-state index in [4.69, 9.17) is 4.74 Å². The van der Waals surface area contributed by atoms with Crippen molar-refractivity contribution in [1.29, 1.82) is 0 Å². The number of methoxy groups -OCH3 is 1. The van der Waals surface area contributed by atoms with Gasteiger partial charge in [0.15, 0.2) is 5.82 Å². The molecule has 1 aliphatic heterocycles. The highest BCUT2D eigenvalue weighted by molar-refractivity contribution is 6.05. The zero-order chi connectivity index (χ0) is 24.1. The Bertz CT molecular complexity index is 1150. The van der Waals surface area contributed by atoms with Gasteiger partial charge in [0.25, 0.3) is 5.91 Å². The fourth-order valence-electron chi connectivity index (χ4n) is 3.68. The van der Waals surface area contributed by atoms with Gasteiger partial charge in [-0.15, -0.1) is 10.2 Å². The molecule has 11 heteroatoms. The van der Waals surface area contributed by atoms with Crippen molar-refractivity contribution >= 4 is 23.4 Å². The maximum absolute atomic E-state index is 13.2. The number of amides is 3. The Hall–Kier alpha value is -3.86. The Morgan fingerprint density at radius 2 is 2.00 bits per heavy atom. The molecule has 1 fully saturated rings. The molecule has 0 spiro atoms. The van der Waals surface area contributed by atoms with Crippen LogP contribution in [0.3, 0.4) is 0 Å². The quantitative estimate of drug-likeness (QED) is 0.483. The van der Waals surface area contributed by atoms with E-state index in [9.17, 15) is 9.59 Å². The van der Waals surface area contributed by atoms with E-state index in [0.717, 1.165) is 6.42 Å². The lowest BCUT2D eigenvalue weighted by molar-refractivity contribution is 0.0943. The highest BCUT2D eigenvalue weighted by Crippen LogP contribution is 2.26. The zero-order valence-corrected chi connectivity index (χ0v) is 19.5. The largest absolute Gasteiger partial charge is 0.385 e. The first kappa shape index (κ1) is 23.3. The molecule has 4 heterocycles. The predicted octanol–water partition coefficient (Wildman–Crippen LogP) is 2.53. The highest BCUT2D eigenvalue weighted by atomic mass is 16.5. The summed E-state index contributed by atoms with van der Waals surface area (Å²) >= 11 is 0. The van der Waals surface area contributed by atoms with E-state index in [1.807, 2.05) is 30.5 Å². The molecule has 3 amide bonds. The van der Waals surface area contributed by atoms with Gasteiger partial charge < -0.3 is 14.6 Å². The summed E-state index contributed by atoms with van der Waals surface area (Å²) in [6.07, 6.45) is 3.94. The summed E-state index contributed by atoms with van der Waals surface area (Å²) in [4.78, 5) is 37.5.